The number of piperidine rings is 1. The molecule has 0 bridgehead atoms. The van der Waals surface area contributed by atoms with Gasteiger partial charge in [-0.15, -0.1) is 0 Å². The molecule has 25 heavy (non-hydrogen) atoms. The van der Waals surface area contributed by atoms with Gasteiger partial charge in [-0.25, -0.2) is 22.9 Å². The van der Waals surface area contributed by atoms with Gasteiger partial charge in [0, 0.05) is 13.0 Å². The summed E-state index contributed by atoms with van der Waals surface area (Å²) in [6.07, 6.45) is 2.96. The average molecular weight is 368 g/mol. The summed E-state index contributed by atoms with van der Waals surface area (Å²) < 4.78 is 35.4. The van der Waals surface area contributed by atoms with Crippen molar-refractivity contribution < 1.29 is 17.6 Å². The number of nitrogens with zero attached hydrogens (tertiary/aromatic N) is 2. The summed E-state index contributed by atoms with van der Waals surface area (Å²) in [6, 6.07) is 4.13. The number of carbonyl (C=O) groups excluding carboxylic acids is 1. The Kier molecular flexibility index (Phi) is 5.05. The fourth-order valence-electron chi connectivity index (χ4n) is 3.24. The first-order chi connectivity index (χ1) is 11.8. The Hall–Kier alpha value is -2.00. The van der Waals surface area contributed by atoms with Crippen LogP contribution in [0.15, 0.2) is 18.2 Å². The number of sulfonamides is 1. The Labute approximate surface area is 145 Å². The number of primary sulfonamides is 1. The minimum absolute atomic E-state index is 0.111. The van der Waals surface area contributed by atoms with Crippen molar-refractivity contribution in [3.8, 4) is 0 Å². The first-order valence-corrected chi connectivity index (χ1v) is 10.00. The molecule has 0 saturated carbocycles. The zero-order chi connectivity index (χ0) is 18.0. The lowest BCUT2D eigenvalue weighted by Crippen LogP contribution is -2.39. The van der Waals surface area contributed by atoms with Gasteiger partial charge in [0.15, 0.2) is 0 Å². The van der Waals surface area contributed by atoms with Crippen molar-refractivity contribution in [2.24, 2.45) is 5.14 Å². The van der Waals surface area contributed by atoms with E-state index in [1.165, 1.54) is 12.1 Å². The van der Waals surface area contributed by atoms with Gasteiger partial charge in [0.1, 0.15) is 11.6 Å². The molecule has 1 aliphatic rings. The molecule has 1 atom stereocenters. The molecule has 0 radical (unpaired) electrons. The minimum atomic E-state index is -3.56. The monoisotopic (exact) mass is 368 g/mol. The van der Waals surface area contributed by atoms with E-state index in [4.69, 9.17) is 5.14 Å². The second kappa shape index (κ2) is 7.09. The lowest BCUT2D eigenvalue weighted by molar-refractivity contribution is -0.135. The minimum Gasteiger partial charge on any atom is -0.340 e. The topological polar surface area (TPSA) is 109 Å². The smallest absolute Gasteiger partial charge is 0.223 e. The number of aromatic nitrogens is 2. The van der Waals surface area contributed by atoms with Crippen LogP contribution in [0.4, 0.5) is 4.39 Å². The highest BCUT2D eigenvalue weighted by atomic mass is 32.2. The number of halogens is 1. The Morgan fingerprint density at radius 1 is 1.40 bits per heavy atom. The molecule has 9 heteroatoms. The predicted octanol–water partition coefficient (Wildman–Crippen LogP) is 1.82. The van der Waals surface area contributed by atoms with E-state index in [-0.39, 0.29) is 36.4 Å². The zero-order valence-corrected chi connectivity index (χ0v) is 14.6. The van der Waals surface area contributed by atoms with E-state index >= 15 is 0 Å². The number of amides is 1. The van der Waals surface area contributed by atoms with Crippen LogP contribution in [0.25, 0.3) is 11.0 Å². The first kappa shape index (κ1) is 17.8. The van der Waals surface area contributed by atoms with E-state index in [1.54, 1.807) is 11.0 Å². The van der Waals surface area contributed by atoms with Gasteiger partial charge in [-0.3, -0.25) is 4.79 Å². The van der Waals surface area contributed by atoms with Gasteiger partial charge in [0.2, 0.25) is 15.9 Å². The van der Waals surface area contributed by atoms with Gasteiger partial charge in [-0.2, -0.15) is 0 Å². The summed E-state index contributed by atoms with van der Waals surface area (Å²) in [7, 11) is -3.56. The molecule has 2 aromatic rings. The molecule has 136 valence electrons. The van der Waals surface area contributed by atoms with Crippen LogP contribution in [-0.2, 0) is 14.8 Å². The van der Waals surface area contributed by atoms with E-state index in [9.17, 15) is 17.6 Å². The molecule has 3 N–H and O–H groups in total. The van der Waals surface area contributed by atoms with Gasteiger partial charge in [-0.1, -0.05) is 0 Å². The molecule has 1 amide bonds. The van der Waals surface area contributed by atoms with Crippen molar-refractivity contribution >= 4 is 27.0 Å². The molecule has 1 saturated heterocycles. The van der Waals surface area contributed by atoms with Crippen LogP contribution < -0.4 is 5.14 Å². The number of hydrogen-bond acceptors (Lipinski definition) is 4. The number of nitrogens with two attached hydrogens (primary N) is 1. The van der Waals surface area contributed by atoms with Crippen LogP contribution in [-0.4, -0.2) is 41.5 Å². The molecule has 1 aromatic carbocycles. The van der Waals surface area contributed by atoms with Crippen LogP contribution in [0.5, 0.6) is 0 Å². The largest absolute Gasteiger partial charge is 0.340 e. The quantitative estimate of drug-likeness (QED) is 0.839. The number of benzene rings is 1. The van der Waals surface area contributed by atoms with E-state index in [0.29, 0.717) is 23.4 Å². The van der Waals surface area contributed by atoms with E-state index < -0.39 is 10.0 Å². The Morgan fingerprint density at radius 3 is 2.96 bits per heavy atom. The summed E-state index contributed by atoms with van der Waals surface area (Å²) in [5, 5.41) is 4.98. The Bertz CT molecular complexity index is 881. The Balaban J connectivity index is 1.76. The predicted molar refractivity (Wildman–Crippen MR) is 91.6 cm³/mol. The Morgan fingerprint density at radius 2 is 2.20 bits per heavy atom. The van der Waals surface area contributed by atoms with Crippen LogP contribution in [0.2, 0.25) is 0 Å². The number of nitrogens with one attached hydrogen (secondary N) is 1. The third-order valence-corrected chi connectivity index (χ3v) is 5.28. The lowest BCUT2D eigenvalue weighted by Gasteiger charge is -2.34. The average Bonchev–Trinajstić information content (AvgIpc) is 2.96. The number of likely N-dealkylation sites (tertiary alicyclic amines) is 1. The fourth-order valence-corrected chi connectivity index (χ4v) is 3.79. The molecule has 0 spiro atoms. The summed E-state index contributed by atoms with van der Waals surface area (Å²) in [6.45, 7) is 0.601. The standard InChI is InChI=1S/C16H21FN4O3S/c17-11-6-7-12-13(10-11)20-16(19-12)14-4-1-2-8-21(14)15(22)5-3-9-25(18,23)24/h6-7,10,14H,1-5,8-9H2,(H,19,20)(H2,18,23,24). The van der Waals surface area contributed by atoms with Crippen LogP contribution >= 0.6 is 0 Å². The SMILES string of the molecule is NS(=O)(=O)CCCC(=O)N1CCCCC1c1nc2ccc(F)cc2[nH]1. The number of H-pyrrole nitrogens is 1. The highest BCUT2D eigenvalue weighted by molar-refractivity contribution is 7.89. The van der Waals surface area contributed by atoms with Crippen molar-refractivity contribution in [1.82, 2.24) is 14.9 Å². The number of rotatable bonds is 5. The third-order valence-electron chi connectivity index (χ3n) is 4.42. The number of fused-ring (bicyclic) bond motifs is 1. The molecule has 2 heterocycles. The maximum Gasteiger partial charge on any atom is 0.223 e. The first-order valence-electron chi connectivity index (χ1n) is 8.28. The van der Waals surface area contributed by atoms with E-state index in [0.717, 1.165) is 19.3 Å². The molecule has 1 unspecified atom stereocenters. The van der Waals surface area contributed by atoms with Gasteiger partial charge >= 0.3 is 0 Å². The molecular formula is C16H21FN4O3S. The molecule has 7 nitrogen and oxygen atoms in total. The van der Waals surface area contributed by atoms with E-state index in [1.807, 2.05) is 0 Å². The summed E-state index contributed by atoms with van der Waals surface area (Å²) in [5.41, 5.74) is 1.26. The molecule has 1 fully saturated rings. The lowest BCUT2D eigenvalue weighted by atomic mass is 10.0. The number of carbonyl (C=O) groups is 1. The van der Waals surface area contributed by atoms with Crippen LogP contribution in [0.3, 0.4) is 0 Å². The number of imidazole rings is 1. The maximum atomic E-state index is 13.4. The summed E-state index contributed by atoms with van der Waals surface area (Å²) in [5.74, 6) is -0.0244. The zero-order valence-electron chi connectivity index (χ0n) is 13.7. The normalized spacial score (nSPS) is 18.6. The highest BCUT2D eigenvalue weighted by Crippen LogP contribution is 2.31. The number of hydrogen-bond donors (Lipinski definition) is 2. The van der Waals surface area contributed by atoms with Crippen LogP contribution in [0, 0.1) is 5.82 Å². The third kappa shape index (κ3) is 4.35. The maximum absolute atomic E-state index is 13.4. The molecular weight excluding hydrogens is 347 g/mol. The second-order valence-electron chi connectivity index (χ2n) is 6.35. The summed E-state index contributed by atoms with van der Waals surface area (Å²) in [4.78, 5) is 21.9. The fraction of sp³-hybridized carbons (Fsp3) is 0.500. The van der Waals surface area contributed by atoms with Gasteiger partial charge in [0.25, 0.3) is 0 Å². The summed E-state index contributed by atoms with van der Waals surface area (Å²) >= 11 is 0. The van der Waals surface area contributed by atoms with Crippen molar-refractivity contribution in [3.05, 3.63) is 29.8 Å². The van der Waals surface area contributed by atoms with Gasteiger partial charge < -0.3 is 9.88 Å². The van der Waals surface area contributed by atoms with Crippen molar-refractivity contribution in [3.63, 3.8) is 0 Å². The van der Waals surface area contributed by atoms with Crippen molar-refractivity contribution in [2.75, 3.05) is 12.3 Å². The number of aromatic amines is 1. The molecule has 3 rings (SSSR count). The molecule has 1 aliphatic heterocycles. The molecule has 1 aromatic heterocycles. The van der Waals surface area contributed by atoms with E-state index in [2.05, 4.69) is 9.97 Å². The molecule has 0 aliphatic carbocycles. The van der Waals surface area contributed by atoms with Crippen molar-refractivity contribution in [1.29, 1.82) is 0 Å². The van der Waals surface area contributed by atoms with Crippen LogP contribution in [0.1, 0.15) is 44.0 Å². The highest BCUT2D eigenvalue weighted by Gasteiger charge is 2.30. The van der Waals surface area contributed by atoms with Gasteiger partial charge in [0.05, 0.1) is 22.8 Å². The van der Waals surface area contributed by atoms with Crippen molar-refractivity contribution in [2.45, 2.75) is 38.1 Å². The van der Waals surface area contributed by atoms with Gasteiger partial charge in [-0.05, 0) is 43.9 Å². The second-order valence-corrected chi connectivity index (χ2v) is 8.09.